The van der Waals surface area contributed by atoms with Gasteiger partial charge in [-0.1, -0.05) is 0 Å². The van der Waals surface area contributed by atoms with Crippen LogP contribution in [-0.2, 0) is 0 Å². The minimum Gasteiger partial charge on any atom is -0.315 e. The molecule has 10 heavy (non-hydrogen) atoms. The molecule has 2 aliphatic heterocycles. The van der Waals surface area contributed by atoms with E-state index in [0.29, 0.717) is 5.41 Å². The van der Waals surface area contributed by atoms with Crippen molar-refractivity contribution in [1.82, 2.24) is 10.2 Å². The van der Waals surface area contributed by atoms with E-state index in [-0.39, 0.29) is 0 Å². The quantitative estimate of drug-likeness (QED) is 0.563. The molecular weight excluding hydrogens is 124 g/mol. The summed E-state index contributed by atoms with van der Waals surface area (Å²) in [6.07, 6.45) is 0. The molecule has 0 aromatic carbocycles. The molecule has 0 unspecified atom stereocenters. The molecule has 2 nitrogen and oxygen atoms in total. The molecule has 0 aliphatic carbocycles. The molecule has 2 heterocycles. The SMILES string of the molecule is CC(C)N1CC2(CNC2)C1. The van der Waals surface area contributed by atoms with Crippen molar-refractivity contribution >= 4 is 0 Å². The molecule has 0 atom stereocenters. The molecule has 0 radical (unpaired) electrons. The summed E-state index contributed by atoms with van der Waals surface area (Å²) in [5.41, 5.74) is 0.713. The highest BCUT2D eigenvalue weighted by atomic mass is 15.3. The van der Waals surface area contributed by atoms with Gasteiger partial charge in [0.05, 0.1) is 0 Å². The molecule has 0 saturated carbocycles. The van der Waals surface area contributed by atoms with Gasteiger partial charge >= 0.3 is 0 Å². The van der Waals surface area contributed by atoms with Crippen LogP contribution in [0.25, 0.3) is 0 Å². The van der Waals surface area contributed by atoms with Crippen LogP contribution in [0.1, 0.15) is 13.8 Å². The summed E-state index contributed by atoms with van der Waals surface area (Å²) in [6.45, 7) is 9.74. The van der Waals surface area contributed by atoms with Gasteiger partial charge in [0.1, 0.15) is 0 Å². The summed E-state index contributed by atoms with van der Waals surface area (Å²) >= 11 is 0. The molecule has 2 heteroatoms. The molecule has 2 aliphatic rings. The fourth-order valence-corrected chi connectivity index (χ4v) is 1.88. The second-order valence-corrected chi connectivity index (χ2v) is 4.10. The summed E-state index contributed by atoms with van der Waals surface area (Å²) in [4.78, 5) is 2.54. The predicted octanol–water partition coefficient (Wildman–Crippen LogP) is 0.300. The van der Waals surface area contributed by atoms with Gasteiger partial charge in [0.2, 0.25) is 0 Å². The molecule has 2 rings (SSSR count). The number of likely N-dealkylation sites (tertiary alicyclic amines) is 1. The first kappa shape index (κ1) is 6.62. The van der Waals surface area contributed by atoms with E-state index in [2.05, 4.69) is 24.1 Å². The van der Waals surface area contributed by atoms with Crippen molar-refractivity contribution < 1.29 is 0 Å². The van der Waals surface area contributed by atoms with E-state index in [0.717, 1.165) is 6.04 Å². The molecule has 0 bridgehead atoms. The predicted molar refractivity (Wildman–Crippen MR) is 42.0 cm³/mol. The number of hydrogen-bond acceptors (Lipinski definition) is 2. The Bertz CT molecular complexity index is 130. The average Bonchev–Trinajstić information content (AvgIpc) is 1.54. The molecule has 2 saturated heterocycles. The van der Waals surface area contributed by atoms with Crippen molar-refractivity contribution in [2.24, 2.45) is 5.41 Å². The van der Waals surface area contributed by atoms with Crippen molar-refractivity contribution in [3.63, 3.8) is 0 Å². The van der Waals surface area contributed by atoms with Crippen LogP contribution in [0, 0.1) is 5.41 Å². The Hall–Kier alpha value is -0.0800. The second kappa shape index (κ2) is 1.95. The lowest BCUT2D eigenvalue weighted by molar-refractivity contribution is -0.0569. The Morgan fingerprint density at radius 2 is 1.90 bits per heavy atom. The highest BCUT2D eigenvalue weighted by molar-refractivity contribution is 5.04. The lowest BCUT2D eigenvalue weighted by Crippen LogP contribution is -2.72. The fraction of sp³-hybridized carbons (Fsp3) is 1.00. The van der Waals surface area contributed by atoms with Crippen molar-refractivity contribution in [3.05, 3.63) is 0 Å². The first-order chi connectivity index (χ1) is 4.72. The molecule has 1 N–H and O–H groups in total. The molecule has 2 fully saturated rings. The maximum Gasteiger partial charge on any atom is 0.0207 e. The molecule has 1 spiro atoms. The number of nitrogens with zero attached hydrogens (tertiary/aromatic N) is 1. The van der Waals surface area contributed by atoms with E-state index >= 15 is 0 Å². The van der Waals surface area contributed by atoms with E-state index in [9.17, 15) is 0 Å². The maximum absolute atomic E-state index is 3.34. The third-order valence-electron chi connectivity index (χ3n) is 2.81. The van der Waals surface area contributed by atoms with Crippen LogP contribution in [-0.4, -0.2) is 37.1 Å². The summed E-state index contributed by atoms with van der Waals surface area (Å²) in [7, 11) is 0. The molecule has 0 aromatic heterocycles. The zero-order chi connectivity index (χ0) is 7.19. The molecule has 0 aromatic rings. The standard InChI is InChI=1S/C8H16N2/c1-7(2)10-5-8(6-10)3-9-4-8/h7,9H,3-6H2,1-2H3. The van der Waals surface area contributed by atoms with Crippen molar-refractivity contribution in [1.29, 1.82) is 0 Å². The zero-order valence-electron chi connectivity index (χ0n) is 6.85. The summed E-state index contributed by atoms with van der Waals surface area (Å²) in [5, 5.41) is 3.34. The highest BCUT2D eigenvalue weighted by Gasteiger charge is 2.47. The normalized spacial score (nSPS) is 30.3. The summed E-state index contributed by atoms with van der Waals surface area (Å²) < 4.78 is 0. The Labute approximate surface area is 62.6 Å². The molecular formula is C8H16N2. The van der Waals surface area contributed by atoms with Gasteiger partial charge in [-0.3, -0.25) is 4.90 Å². The summed E-state index contributed by atoms with van der Waals surface area (Å²) in [6, 6.07) is 0.756. The van der Waals surface area contributed by atoms with Crippen LogP contribution in [0.2, 0.25) is 0 Å². The lowest BCUT2D eigenvalue weighted by atomic mass is 9.74. The van der Waals surface area contributed by atoms with Crippen LogP contribution in [0.4, 0.5) is 0 Å². The van der Waals surface area contributed by atoms with Crippen LogP contribution < -0.4 is 5.32 Å². The van der Waals surface area contributed by atoms with Crippen molar-refractivity contribution in [2.75, 3.05) is 26.2 Å². The first-order valence-electron chi connectivity index (χ1n) is 4.17. The topological polar surface area (TPSA) is 15.3 Å². The van der Waals surface area contributed by atoms with E-state index < -0.39 is 0 Å². The number of hydrogen-bond donors (Lipinski definition) is 1. The Balaban J connectivity index is 1.82. The van der Waals surface area contributed by atoms with Gasteiger partial charge in [-0.05, 0) is 13.8 Å². The Kier molecular flexibility index (Phi) is 1.29. The van der Waals surface area contributed by atoms with Crippen LogP contribution in [0.5, 0.6) is 0 Å². The van der Waals surface area contributed by atoms with E-state index in [1.54, 1.807) is 0 Å². The van der Waals surface area contributed by atoms with Gasteiger partial charge in [-0.2, -0.15) is 0 Å². The minimum atomic E-state index is 0.713. The van der Waals surface area contributed by atoms with Crippen molar-refractivity contribution in [3.8, 4) is 0 Å². The number of nitrogens with one attached hydrogen (secondary N) is 1. The average molecular weight is 140 g/mol. The van der Waals surface area contributed by atoms with E-state index in [1.165, 1.54) is 26.2 Å². The van der Waals surface area contributed by atoms with Gasteiger partial charge in [-0.15, -0.1) is 0 Å². The van der Waals surface area contributed by atoms with Gasteiger partial charge in [0, 0.05) is 37.6 Å². The largest absolute Gasteiger partial charge is 0.315 e. The van der Waals surface area contributed by atoms with E-state index in [4.69, 9.17) is 0 Å². The zero-order valence-corrected chi connectivity index (χ0v) is 6.85. The van der Waals surface area contributed by atoms with Crippen LogP contribution in [0.15, 0.2) is 0 Å². The maximum atomic E-state index is 3.34. The second-order valence-electron chi connectivity index (χ2n) is 4.10. The van der Waals surface area contributed by atoms with Gasteiger partial charge in [0.25, 0.3) is 0 Å². The number of rotatable bonds is 1. The third kappa shape index (κ3) is 0.789. The smallest absolute Gasteiger partial charge is 0.0207 e. The van der Waals surface area contributed by atoms with Crippen molar-refractivity contribution in [2.45, 2.75) is 19.9 Å². The monoisotopic (exact) mass is 140 g/mol. The lowest BCUT2D eigenvalue weighted by Gasteiger charge is -2.57. The molecule has 58 valence electrons. The van der Waals surface area contributed by atoms with Crippen LogP contribution >= 0.6 is 0 Å². The Morgan fingerprint density at radius 1 is 1.30 bits per heavy atom. The summed E-state index contributed by atoms with van der Waals surface area (Å²) in [5.74, 6) is 0. The third-order valence-corrected chi connectivity index (χ3v) is 2.81. The van der Waals surface area contributed by atoms with Gasteiger partial charge in [-0.25, -0.2) is 0 Å². The molecule has 0 amide bonds. The van der Waals surface area contributed by atoms with E-state index in [1.807, 2.05) is 0 Å². The Morgan fingerprint density at radius 3 is 2.20 bits per heavy atom. The van der Waals surface area contributed by atoms with Crippen LogP contribution in [0.3, 0.4) is 0 Å². The highest BCUT2D eigenvalue weighted by Crippen LogP contribution is 2.34. The fourth-order valence-electron chi connectivity index (χ4n) is 1.88. The minimum absolute atomic E-state index is 0.713. The first-order valence-corrected chi connectivity index (χ1v) is 4.17. The van der Waals surface area contributed by atoms with Gasteiger partial charge in [0.15, 0.2) is 0 Å². The van der Waals surface area contributed by atoms with Gasteiger partial charge < -0.3 is 5.32 Å².